The highest BCUT2D eigenvalue weighted by Crippen LogP contribution is 2.45. The first-order valence-corrected chi connectivity index (χ1v) is 10.6. The largest absolute Gasteiger partial charge is 0.293 e. The Hall–Kier alpha value is -1.00. The van der Waals surface area contributed by atoms with Gasteiger partial charge in [0, 0.05) is 5.56 Å². The van der Waals surface area contributed by atoms with Gasteiger partial charge in [-0.25, -0.2) is 0 Å². The molecule has 24 heavy (non-hydrogen) atoms. The SMILES string of the molecule is CSC(SC)=C1C(=O)c2ccccc2[C@@](C)(CCC(C)(C)C)C1=O. The van der Waals surface area contributed by atoms with Crippen LogP contribution in [0, 0.1) is 5.41 Å². The minimum Gasteiger partial charge on any atom is -0.293 e. The van der Waals surface area contributed by atoms with Crippen molar-refractivity contribution in [1.82, 2.24) is 0 Å². The molecular weight excluding hydrogens is 336 g/mol. The first-order valence-electron chi connectivity index (χ1n) is 8.17. The number of fused-ring (bicyclic) bond motifs is 1. The van der Waals surface area contributed by atoms with Crippen molar-refractivity contribution in [2.75, 3.05) is 12.5 Å². The lowest BCUT2D eigenvalue weighted by molar-refractivity contribution is -0.120. The molecule has 1 aliphatic carbocycles. The van der Waals surface area contributed by atoms with Gasteiger partial charge in [-0.05, 0) is 43.3 Å². The highest BCUT2D eigenvalue weighted by Gasteiger charge is 2.46. The average molecular weight is 363 g/mol. The van der Waals surface area contributed by atoms with E-state index in [1.165, 1.54) is 23.5 Å². The van der Waals surface area contributed by atoms with Crippen LogP contribution in [0.15, 0.2) is 34.1 Å². The molecule has 1 aromatic carbocycles. The molecule has 0 unspecified atom stereocenters. The van der Waals surface area contributed by atoms with Gasteiger partial charge >= 0.3 is 0 Å². The van der Waals surface area contributed by atoms with Gasteiger partial charge in [0.05, 0.1) is 15.2 Å². The average Bonchev–Trinajstić information content (AvgIpc) is 2.54. The molecule has 0 bridgehead atoms. The standard InChI is InChI=1S/C20H26O2S2/c1-19(2,3)11-12-20(4)14-10-8-7-9-13(14)16(21)15(17(20)22)18(23-5)24-6/h7-10H,11-12H2,1-6H3/t20-/m1/s1. The fourth-order valence-corrected chi connectivity index (χ4v) is 4.59. The number of hydrogen-bond acceptors (Lipinski definition) is 4. The predicted molar refractivity (Wildman–Crippen MR) is 106 cm³/mol. The Morgan fingerprint density at radius 2 is 1.67 bits per heavy atom. The van der Waals surface area contributed by atoms with E-state index in [2.05, 4.69) is 20.8 Å². The van der Waals surface area contributed by atoms with Crippen molar-refractivity contribution >= 4 is 35.1 Å². The number of ketones is 2. The molecule has 0 amide bonds. The predicted octanol–water partition coefficient (Wildman–Crippen LogP) is 5.47. The number of benzene rings is 1. The highest BCUT2D eigenvalue weighted by atomic mass is 32.2. The van der Waals surface area contributed by atoms with Crippen LogP contribution in [0.2, 0.25) is 0 Å². The molecule has 2 rings (SSSR count). The van der Waals surface area contributed by atoms with Gasteiger partial charge in [0.15, 0.2) is 11.6 Å². The monoisotopic (exact) mass is 362 g/mol. The Balaban J connectivity index is 2.65. The van der Waals surface area contributed by atoms with Crippen molar-refractivity contribution in [2.24, 2.45) is 5.41 Å². The van der Waals surface area contributed by atoms with Crippen LogP contribution >= 0.6 is 23.5 Å². The summed E-state index contributed by atoms with van der Waals surface area (Å²) in [5.41, 5.74) is 1.46. The molecule has 0 aromatic heterocycles. The Labute approximate surface area is 153 Å². The van der Waals surface area contributed by atoms with E-state index in [4.69, 9.17) is 0 Å². The summed E-state index contributed by atoms with van der Waals surface area (Å²) in [5.74, 6) is -0.142. The number of hydrogen-bond donors (Lipinski definition) is 0. The van der Waals surface area contributed by atoms with Crippen LogP contribution in [0.5, 0.6) is 0 Å². The fraction of sp³-hybridized carbons (Fsp3) is 0.500. The molecule has 0 aliphatic heterocycles. The van der Waals surface area contributed by atoms with Gasteiger partial charge in [0.25, 0.3) is 0 Å². The maximum atomic E-state index is 13.4. The lowest BCUT2D eigenvalue weighted by atomic mass is 9.64. The molecule has 0 spiro atoms. The summed E-state index contributed by atoms with van der Waals surface area (Å²) in [4.78, 5) is 26.4. The van der Waals surface area contributed by atoms with E-state index in [1.807, 2.05) is 43.7 Å². The van der Waals surface area contributed by atoms with E-state index in [1.54, 1.807) is 0 Å². The van der Waals surface area contributed by atoms with Gasteiger partial charge in [-0.15, -0.1) is 23.5 Å². The highest BCUT2D eigenvalue weighted by molar-refractivity contribution is 8.21. The second-order valence-corrected chi connectivity index (χ2v) is 9.56. The molecule has 1 atom stereocenters. The fourth-order valence-electron chi connectivity index (χ4n) is 3.14. The zero-order valence-electron chi connectivity index (χ0n) is 15.4. The van der Waals surface area contributed by atoms with Crippen molar-refractivity contribution in [3.05, 3.63) is 45.2 Å². The van der Waals surface area contributed by atoms with Crippen molar-refractivity contribution in [1.29, 1.82) is 0 Å². The van der Waals surface area contributed by atoms with Crippen LogP contribution in [-0.2, 0) is 10.2 Å². The second kappa shape index (κ2) is 7.09. The summed E-state index contributed by atoms with van der Waals surface area (Å²) in [6.45, 7) is 8.57. The quantitative estimate of drug-likeness (QED) is 0.525. The Morgan fingerprint density at radius 1 is 1.08 bits per heavy atom. The number of allylic oxidation sites excluding steroid dienone is 1. The van der Waals surface area contributed by atoms with Gasteiger partial charge in [-0.3, -0.25) is 9.59 Å². The molecule has 0 radical (unpaired) electrons. The van der Waals surface area contributed by atoms with Crippen LogP contribution in [-0.4, -0.2) is 24.1 Å². The zero-order chi connectivity index (χ0) is 18.1. The van der Waals surface area contributed by atoms with Crippen LogP contribution in [0.4, 0.5) is 0 Å². The number of thioether (sulfide) groups is 2. The molecule has 4 heteroatoms. The van der Waals surface area contributed by atoms with E-state index < -0.39 is 5.41 Å². The van der Waals surface area contributed by atoms with Gasteiger partial charge in [0.2, 0.25) is 0 Å². The summed E-state index contributed by atoms with van der Waals surface area (Å²) in [6.07, 6.45) is 5.52. The molecule has 1 aliphatic rings. The van der Waals surface area contributed by atoms with Crippen LogP contribution in [0.1, 0.15) is 56.5 Å². The van der Waals surface area contributed by atoms with Crippen molar-refractivity contribution < 1.29 is 9.59 Å². The van der Waals surface area contributed by atoms with Crippen LogP contribution < -0.4 is 0 Å². The van der Waals surface area contributed by atoms with Gasteiger partial charge in [0.1, 0.15) is 0 Å². The minimum atomic E-state index is -0.635. The van der Waals surface area contributed by atoms with E-state index in [-0.39, 0.29) is 17.0 Å². The first-order chi connectivity index (χ1) is 11.2. The van der Waals surface area contributed by atoms with Gasteiger partial charge in [-0.1, -0.05) is 45.0 Å². The Morgan fingerprint density at radius 3 is 2.21 bits per heavy atom. The minimum absolute atomic E-state index is 0.0193. The summed E-state index contributed by atoms with van der Waals surface area (Å²) in [6, 6.07) is 7.61. The number of carbonyl (C=O) groups is 2. The Kier molecular flexibility index (Phi) is 5.71. The van der Waals surface area contributed by atoms with Crippen LogP contribution in [0.3, 0.4) is 0 Å². The van der Waals surface area contributed by atoms with Crippen LogP contribution in [0.25, 0.3) is 0 Å². The smallest absolute Gasteiger partial charge is 0.198 e. The molecule has 0 saturated heterocycles. The van der Waals surface area contributed by atoms with Crippen molar-refractivity contribution in [3.8, 4) is 0 Å². The van der Waals surface area contributed by atoms with E-state index in [9.17, 15) is 9.59 Å². The number of Topliss-reactive ketones (excluding diaryl/α,β-unsaturated/α-hetero) is 2. The third-order valence-electron chi connectivity index (χ3n) is 4.67. The molecule has 0 saturated carbocycles. The van der Waals surface area contributed by atoms with E-state index >= 15 is 0 Å². The van der Waals surface area contributed by atoms with E-state index in [0.717, 1.165) is 22.6 Å². The zero-order valence-corrected chi connectivity index (χ0v) is 17.0. The van der Waals surface area contributed by atoms with Gasteiger partial charge in [-0.2, -0.15) is 0 Å². The summed E-state index contributed by atoms with van der Waals surface area (Å²) < 4.78 is 0.821. The molecule has 0 heterocycles. The summed E-state index contributed by atoms with van der Waals surface area (Å²) in [7, 11) is 0. The maximum absolute atomic E-state index is 13.4. The Bertz CT molecular complexity index is 692. The normalized spacial score (nSPS) is 21.0. The van der Waals surface area contributed by atoms with Crippen molar-refractivity contribution in [3.63, 3.8) is 0 Å². The third kappa shape index (κ3) is 3.50. The molecule has 2 nitrogen and oxygen atoms in total. The molecule has 1 aromatic rings. The lowest BCUT2D eigenvalue weighted by Gasteiger charge is -2.37. The number of rotatable bonds is 4. The van der Waals surface area contributed by atoms with Gasteiger partial charge < -0.3 is 0 Å². The van der Waals surface area contributed by atoms with Crippen molar-refractivity contribution in [2.45, 2.75) is 46.0 Å². The topological polar surface area (TPSA) is 34.1 Å². The molecular formula is C20H26O2S2. The molecule has 0 fully saturated rings. The summed E-state index contributed by atoms with van der Waals surface area (Å²) >= 11 is 2.97. The number of carbonyl (C=O) groups excluding carboxylic acids is 2. The maximum Gasteiger partial charge on any atom is 0.198 e. The van der Waals surface area contributed by atoms with E-state index in [0.29, 0.717) is 11.1 Å². The lowest BCUT2D eigenvalue weighted by Crippen LogP contribution is -2.42. The summed E-state index contributed by atoms with van der Waals surface area (Å²) in [5, 5.41) is 0. The molecule has 0 N–H and O–H groups in total. The third-order valence-corrected chi connectivity index (χ3v) is 6.82. The molecule has 130 valence electrons. The second-order valence-electron chi connectivity index (χ2n) is 7.67. The first kappa shape index (κ1) is 19.3.